The molecule has 36 heavy (non-hydrogen) atoms. The van der Waals surface area contributed by atoms with Crippen LogP contribution in [0.5, 0.6) is 0 Å². The molecule has 0 saturated carbocycles. The van der Waals surface area contributed by atoms with Crippen LogP contribution >= 0.6 is 0 Å². The van der Waals surface area contributed by atoms with Crippen molar-refractivity contribution in [2.45, 2.75) is 40.5 Å². The molecule has 2 aliphatic rings. The summed E-state index contributed by atoms with van der Waals surface area (Å²) in [6, 6.07) is 12.6. The molecule has 2 unspecified atom stereocenters. The van der Waals surface area contributed by atoms with Crippen LogP contribution < -0.4 is 15.5 Å². The van der Waals surface area contributed by atoms with E-state index in [1.54, 1.807) is 6.20 Å². The Morgan fingerprint density at radius 1 is 0.972 bits per heavy atom. The highest BCUT2D eigenvalue weighted by Crippen LogP contribution is 2.46. The van der Waals surface area contributed by atoms with Crippen molar-refractivity contribution in [2.75, 3.05) is 55.3 Å². The van der Waals surface area contributed by atoms with Gasteiger partial charge in [-0.15, -0.1) is 0 Å². The monoisotopic (exact) mass is 485 g/mol. The normalized spacial score (nSPS) is 24.0. The van der Waals surface area contributed by atoms with Gasteiger partial charge in [0.15, 0.2) is 0 Å². The van der Waals surface area contributed by atoms with Crippen LogP contribution in [0, 0.1) is 17.8 Å². The van der Waals surface area contributed by atoms with Gasteiger partial charge in [-0.05, 0) is 79.6 Å². The molecule has 3 aromatic rings. The van der Waals surface area contributed by atoms with E-state index in [4.69, 9.17) is 4.98 Å². The van der Waals surface area contributed by atoms with Crippen molar-refractivity contribution < 1.29 is 0 Å². The van der Waals surface area contributed by atoms with Gasteiger partial charge < -0.3 is 20.4 Å². The molecule has 0 aliphatic carbocycles. The number of hydrogen-bond acceptors (Lipinski definition) is 7. The molecule has 7 heteroatoms. The van der Waals surface area contributed by atoms with E-state index in [0.717, 1.165) is 48.8 Å². The highest BCUT2D eigenvalue weighted by atomic mass is 15.2. The zero-order valence-electron chi connectivity index (χ0n) is 22.3. The van der Waals surface area contributed by atoms with Gasteiger partial charge in [0, 0.05) is 62.1 Å². The summed E-state index contributed by atoms with van der Waals surface area (Å²) in [5.41, 5.74) is 6.09. The molecule has 2 aromatic heterocycles. The Labute approximate surface area is 215 Å². The first-order valence-electron chi connectivity index (χ1n) is 13.1. The second-order valence-electron chi connectivity index (χ2n) is 11.6. The summed E-state index contributed by atoms with van der Waals surface area (Å²) in [7, 11) is 2.27. The third-order valence-electron chi connectivity index (χ3n) is 7.37. The molecule has 0 amide bonds. The minimum absolute atomic E-state index is 0.330. The molecule has 2 atom stereocenters. The maximum absolute atomic E-state index is 4.74. The summed E-state index contributed by atoms with van der Waals surface area (Å²) in [5, 5.41) is 6.71. The van der Waals surface area contributed by atoms with E-state index in [0.29, 0.717) is 16.8 Å². The Bertz CT molecular complexity index is 1190. The lowest BCUT2D eigenvalue weighted by atomic mass is 9.65. The number of pyridine rings is 1. The van der Waals surface area contributed by atoms with Crippen LogP contribution in [0.2, 0.25) is 0 Å². The lowest BCUT2D eigenvalue weighted by molar-refractivity contribution is 0.00531. The fourth-order valence-electron chi connectivity index (χ4n) is 6.56. The minimum atomic E-state index is 0.330. The van der Waals surface area contributed by atoms with E-state index in [1.165, 1.54) is 30.8 Å². The standard InChI is InChI=1S/C29H39N7/c1-6-12-30-26-10-7-22(15-32-26)24-11-13-31-27(34-24)33-23-8-9-25(21(2)14-23)36-19-28(3)16-29(4,20-36)18-35(5)17-28/h7-11,13-15H,6,12,16-20H2,1-5H3,(H,30,32)(H,31,33,34). The maximum atomic E-state index is 4.74. The number of aromatic nitrogens is 3. The molecule has 0 spiro atoms. The molecule has 0 radical (unpaired) electrons. The number of fused-ring (bicyclic) bond motifs is 2. The third-order valence-corrected chi connectivity index (χ3v) is 7.37. The van der Waals surface area contributed by atoms with Crippen LogP contribution in [-0.4, -0.2) is 59.6 Å². The number of nitrogens with one attached hydrogen (secondary N) is 2. The predicted octanol–water partition coefficient (Wildman–Crippen LogP) is 5.58. The zero-order valence-corrected chi connectivity index (χ0v) is 22.3. The van der Waals surface area contributed by atoms with Gasteiger partial charge in [0.05, 0.1) is 5.69 Å². The molecule has 2 bridgehead atoms. The Balaban J connectivity index is 1.30. The third kappa shape index (κ3) is 5.31. The number of piperidine rings is 2. The van der Waals surface area contributed by atoms with Crippen LogP contribution in [0.4, 0.5) is 23.1 Å². The molecule has 4 heterocycles. The molecule has 1 aromatic carbocycles. The van der Waals surface area contributed by atoms with Crippen molar-refractivity contribution in [1.29, 1.82) is 0 Å². The van der Waals surface area contributed by atoms with Gasteiger partial charge in [0.1, 0.15) is 5.82 Å². The number of hydrogen-bond donors (Lipinski definition) is 2. The van der Waals surface area contributed by atoms with Gasteiger partial charge in [0.25, 0.3) is 0 Å². The number of rotatable bonds is 7. The number of likely N-dealkylation sites (tertiary alicyclic amines) is 1. The largest absolute Gasteiger partial charge is 0.370 e. The number of anilines is 4. The smallest absolute Gasteiger partial charge is 0.227 e. The van der Waals surface area contributed by atoms with E-state index < -0.39 is 0 Å². The van der Waals surface area contributed by atoms with Crippen LogP contribution in [0.1, 0.15) is 39.2 Å². The van der Waals surface area contributed by atoms with Gasteiger partial charge >= 0.3 is 0 Å². The van der Waals surface area contributed by atoms with Gasteiger partial charge in [-0.25, -0.2) is 15.0 Å². The summed E-state index contributed by atoms with van der Waals surface area (Å²) in [4.78, 5) is 18.8. The zero-order chi connectivity index (χ0) is 25.3. The number of aryl methyl sites for hydroxylation is 1. The Kier molecular flexibility index (Phi) is 6.60. The van der Waals surface area contributed by atoms with Gasteiger partial charge in [-0.3, -0.25) is 0 Å². The Morgan fingerprint density at radius 3 is 2.42 bits per heavy atom. The molecule has 7 nitrogen and oxygen atoms in total. The van der Waals surface area contributed by atoms with E-state index in [-0.39, 0.29) is 0 Å². The van der Waals surface area contributed by atoms with E-state index in [2.05, 4.69) is 83.3 Å². The first-order valence-corrected chi connectivity index (χ1v) is 13.1. The lowest BCUT2D eigenvalue weighted by Gasteiger charge is -2.57. The van der Waals surface area contributed by atoms with Crippen molar-refractivity contribution >= 4 is 23.1 Å². The molecule has 2 fully saturated rings. The van der Waals surface area contributed by atoms with Crippen molar-refractivity contribution in [3.8, 4) is 11.3 Å². The fraction of sp³-hybridized carbons (Fsp3) is 0.483. The van der Waals surface area contributed by atoms with Crippen LogP contribution in [0.15, 0.2) is 48.8 Å². The maximum Gasteiger partial charge on any atom is 0.227 e. The van der Waals surface area contributed by atoms with E-state index in [1.807, 2.05) is 24.4 Å². The quantitative estimate of drug-likeness (QED) is 0.453. The summed E-state index contributed by atoms with van der Waals surface area (Å²) in [6.45, 7) is 14.7. The first kappa shape index (κ1) is 24.5. The van der Waals surface area contributed by atoms with Gasteiger partial charge in [0.2, 0.25) is 5.95 Å². The minimum Gasteiger partial charge on any atom is -0.370 e. The van der Waals surface area contributed by atoms with E-state index >= 15 is 0 Å². The summed E-state index contributed by atoms with van der Waals surface area (Å²) >= 11 is 0. The predicted molar refractivity (Wildman–Crippen MR) is 149 cm³/mol. The molecule has 190 valence electrons. The first-order chi connectivity index (χ1) is 17.2. The van der Waals surface area contributed by atoms with Gasteiger partial charge in [-0.2, -0.15) is 0 Å². The molecule has 2 N–H and O–H groups in total. The topological polar surface area (TPSA) is 69.2 Å². The SMILES string of the molecule is CCCNc1ccc(-c2ccnc(Nc3ccc(N4CC5(C)CN(C)CC(C)(C4)C5)c(C)c3)n2)cn1. The Morgan fingerprint density at radius 2 is 1.75 bits per heavy atom. The molecule has 2 aliphatic heterocycles. The van der Waals surface area contributed by atoms with Crippen molar-refractivity contribution in [2.24, 2.45) is 10.8 Å². The second kappa shape index (κ2) is 9.69. The van der Waals surface area contributed by atoms with Crippen molar-refractivity contribution in [1.82, 2.24) is 19.9 Å². The average molecular weight is 486 g/mol. The summed E-state index contributed by atoms with van der Waals surface area (Å²) in [5.74, 6) is 1.47. The van der Waals surface area contributed by atoms with Crippen molar-refractivity contribution in [3.63, 3.8) is 0 Å². The van der Waals surface area contributed by atoms with E-state index in [9.17, 15) is 0 Å². The summed E-state index contributed by atoms with van der Waals surface area (Å²) in [6.07, 6.45) is 6.02. The van der Waals surface area contributed by atoms with Crippen LogP contribution in [0.3, 0.4) is 0 Å². The molecular formula is C29H39N7. The second-order valence-corrected chi connectivity index (χ2v) is 11.6. The van der Waals surface area contributed by atoms with Crippen LogP contribution in [-0.2, 0) is 0 Å². The molecule has 5 rings (SSSR count). The lowest BCUT2D eigenvalue weighted by Crippen LogP contribution is -2.61. The van der Waals surface area contributed by atoms with Crippen molar-refractivity contribution in [3.05, 3.63) is 54.4 Å². The van der Waals surface area contributed by atoms with Crippen LogP contribution in [0.25, 0.3) is 11.3 Å². The summed E-state index contributed by atoms with van der Waals surface area (Å²) < 4.78 is 0. The molecule has 2 saturated heterocycles. The van der Waals surface area contributed by atoms with Gasteiger partial charge in [-0.1, -0.05) is 20.8 Å². The highest BCUT2D eigenvalue weighted by Gasteiger charge is 2.47. The number of nitrogens with zero attached hydrogens (tertiary/aromatic N) is 5. The Hall–Kier alpha value is -3.19. The number of benzene rings is 1. The highest BCUT2D eigenvalue weighted by molar-refractivity contribution is 5.66. The molecular weight excluding hydrogens is 446 g/mol. The average Bonchev–Trinajstić information content (AvgIpc) is 2.81. The fourth-order valence-corrected chi connectivity index (χ4v) is 6.56.